The van der Waals surface area contributed by atoms with E-state index in [9.17, 15) is 9.59 Å². The maximum Gasteiger partial charge on any atom is 0.265 e. The van der Waals surface area contributed by atoms with Gasteiger partial charge >= 0.3 is 0 Å². The zero-order valence-corrected chi connectivity index (χ0v) is 14.4. The molecule has 0 unspecified atom stereocenters. The van der Waals surface area contributed by atoms with Crippen LogP contribution in [0.15, 0.2) is 48.5 Å². The SMILES string of the molecule is C[C@@H](Oc1ccc(C#N)cc1)C(=O)Nc1cccc(N2CCCC2=O)c1. The molecule has 0 aromatic heterocycles. The van der Waals surface area contributed by atoms with Gasteiger partial charge in [-0.1, -0.05) is 6.07 Å². The number of hydrogen-bond donors (Lipinski definition) is 1. The highest BCUT2D eigenvalue weighted by Gasteiger charge is 2.22. The molecule has 0 radical (unpaired) electrons. The second-order valence-corrected chi connectivity index (χ2v) is 6.08. The standard InChI is InChI=1S/C20H19N3O3/c1-14(26-18-9-7-15(13-21)8-10-18)20(25)22-16-4-2-5-17(12-16)23-11-3-6-19(23)24/h2,4-5,7-10,12,14H,3,6,11H2,1H3,(H,22,25)/t14-/m1/s1. The van der Waals surface area contributed by atoms with Crippen molar-refractivity contribution in [2.75, 3.05) is 16.8 Å². The average Bonchev–Trinajstić information content (AvgIpc) is 3.08. The zero-order chi connectivity index (χ0) is 18.5. The van der Waals surface area contributed by atoms with E-state index in [4.69, 9.17) is 10.00 Å². The molecule has 1 aliphatic rings. The molecule has 6 heteroatoms. The van der Waals surface area contributed by atoms with Crippen LogP contribution in [0.2, 0.25) is 0 Å². The van der Waals surface area contributed by atoms with Gasteiger partial charge in [0.25, 0.3) is 5.91 Å². The quantitative estimate of drug-likeness (QED) is 0.899. The van der Waals surface area contributed by atoms with E-state index in [2.05, 4.69) is 5.32 Å². The van der Waals surface area contributed by atoms with Crippen molar-refractivity contribution in [1.82, 2.24) is 0 Å². The third-order valence-corrected chi connectivity index (χ3v) is 4.16. The van der Waals surface area contributed by atoms with E-state index < -0.39 is 6.10 Å². The van der Waals surface area contributed by atoms with Crippen LogP contribution < -0.4 is 15.0 Å². The van der Waals surface area contributed by atoms with Crippen LogP contribution in [0.1, 0.15) is 25.3 Å². The van der Waals surface area contributed by atoms with E-state index in [-0.39, 0.29) is 11.8 Å². The number of anilines is 2. The van der Waals surface area contributed by atoms with Crippen LogP contribution in [0.5, 0.6) is 5.75 Å². The van der Waals surface area contributed by atoms with Crippen molar-refractivity contribution in [3.8, 4) is 11.8 Å². The summed E-state index contributed by atoms with van der Waals surface area (Å²) in [5, 5.41) is 11.6. The fraction of sp³-hybridized carbons (Fsp3) is 0.250. The maximum atomic E-state index is 12.4. The van der Waals surface area contributed by atoms with Crippen molar-refractivity contribution < 1.29 is 14.3 Å². The molecular formula is C20H19N3O3. The smallest absolute Gasteiger partial charge is 0.265 e. The summed E-state index contributed by atoms with van der Waals surface area (Å²) in [5.41, 5.74) is 1.93. The van der Waals surface area contributed by atoms with E-state index in [1.165, 1.54) is 0 Å². The Hall–Kier alpha value is -3.33. The van der Waals surface area contributed by atoms with E-state index in [1.54, 1.807) is 48.2 Å². The van der Waals surface area contributed by atoms with Gasteiger partial charge in [-0.15, -0.1) is 0 Å². The van der Waals surface area contributed by atoms with Crippen LogP contribution in [-0.2, 0) is 9.59 Å². The van der Waals surface area contributed by atoms with Crippen molar-refractivity contribution in [3.05, 3.63) is 54.1 Å². The molecule has 0 aliphatic carbocycles. The van der Waals surface area contributed by atoms with Crippen LogP contribution in [-0.4, -0.2) is 24.5 Å². The van der Waals surface area contributed by atoms with Gasteiger partial charge in [0.15, 0.2) is 6.10 Å². The van der Waals surface area contributed by atoms with Gasteiger partial charge in [0, 0.05) is 24.3 Å². The lowest BCUT2D eigenvalue weighted by Crippen LogP contribution is -2.30. The summed E-state index contributed by atoms with van der Waals surface area (Å²) < 4.78 is 5.61. The van der Waals surface area contributed by atoms with Gasteiger partial charge in [0.2, 0.25) is 5.91 Å². The zero-order valence-electron chi connectivity index (χ0n) is 14.4. The second-order valence-electron chi connectivity index (χ2n) is 6.08. The van der Waals surface area contributed by atoms with Gasteiger partial charge in [-0.25, -0.2) is 0 Å². The second kappa shape index (κ2) is 7.70. The number of amides is 2. The molecule has 1 aliphatic heterocycles. The first-order valence-electron chi connectivity index (χ1n) is 8.45. The number of rotatable bonds is 5. The molecule has 1 atom stereocenters. The minimum Gasteiger partial charge on any atom is -0.481 e. The molecule has 0 saturated carbocycles. The molecule has 26 heavy (non-hydrogen) atoms. The van der Waals surface area contributed by atoms with Gasteiger partial charge in [0.1, 0.15) is 5.75 Å². The van der Waals surface area contributed by atoms with Gasteiger partial charge in [-0.2, -0.15) is 5.26 Å². The predicted molar refractivity (Wildman–Crippen MR) is 97.9 cm³/mol. The van der Waals surface area contributed by atoms with Crippen molar-refractivity contribution in [3.63, 3.8) is 0 Å². The molecule has 1 N–H and O–H groups in total. The fourth-order valence-corrected chi connectivity index (χ4v) is 2.78. The first-order chi connectivity index (χ1) is 12.6. The molecule has 0 bridgehead atoms. The van der Waals surface area contributed by atoms with Crippen LogP contribution in [0.4, 0.5) is 11.4 Å². The van der Waals surface area contributed by atoms with Crippen molar-refractivity contribution in [2.45, 2.75) is 25.9 Å². The number of nitrogens with one attached hydrogen (secondary N) is 1. The topological polar surface area (TPSA) is 82.4 Å². The first-order valence-corrected chi connectivity index (χ1v) is 8.45. The molecule has 1 fully saturated rings. The largest absolute Gasteiger partial charge is 0.481 e. The Morgan fingerprint density at radius 1 is 1.27 bits per heavy atom. The van der Waals surface area contributed by atoms with E-state index >= 15 is 0 Å². The van der Waals surface area contributed by atoms with Gasteiger partial charge in [-0.05, 0) is 55.8 Å². The number of carbonyl (C=O) groups excluding carboxylic acids is 2. The van der Waals surface area contributed by atoms with Crippen molar-refractivity contribution in [1.29, 1.82) is 5.26 Å². The lowest BCUT2D eigenvalue weighted by atomic mass is 10.2. The Morgan fingerprint density at radius 3 is 2.69 bits per heavy atom. The Balaban J connectivity index is 1.63. The molecule has 0 spiro atoms. The molecule has 2 aromatic carbocycles. The van der Waals surface area contributed by atoms with Crippen LogP contribution >= 0.6 is 0 Å². The Labute approximate surface area is 152 Å². The summed E-state index contributed by atoms with van der Waals surface area (Å²) >= 11 is 0. The lowest BCUT2D eigenvalue weighted by Gasteiger charge is -2.18. The maximum absolute atomic E-state index is 12.4. The minimum atomic E-state index is -0.708. The molecule has 1 heterocycles. The van der Waals surface area contributed by atoms with Gasteiger partial charge < -0.3 is 15.0 Å². The molecular weight excluding hydrogens is 330 g/mol. The van der Waals surface area contributed by atoms with Crippen LogP contribution in [0, 0.1) is 11.3 Å². The Kier molecular flexibility index (Phi) is 5.18. The number of carbonyl (C=O) groups is 2. The van der Waals surface area contributed by atoms with Gasteiger partial charge in [0.05, 0.1) is 11.6 Å². The van der Waals surface area contributed by atoms with Crippen LogP contribution in [0.25, 0.3) is 0 Å². The third kappa shape index (κ3) is 4.01. The summed E-state index contributed by atoms with van der Waals surface area (Å²) in [4.78, 5) is 26.0. The highest BCUT2D eigenvalue weighted by molar-refractivity contribution is 5.97. The molecule has 6 nitrogen and oxygen atoms in total. The summed E-state index contributed by atoms with van der Waals surface area (Å²) in [6.45, 7) is 2.36. The summed E-state index contributed by atoms with van der Waals surface area (Å²) in [5.74, 6) is 0.327. The van der Waals surface area contributed by atoms with E-state index in [1.807, 2.05) is 18.2 Å². The lowest BCUT2D eigenvalue weighted by molar-refractivity contribution is -0.122. The highest BCUT2D eigenvalue weighted by atomic mass is 16.5. The molecule has 3 rings (SSSR count). The monoisotopic (exact) mass is 349 g/mol. The van der Waals surface area contributed by atoms with E-state index in [0.29, 0.717) is 30.0 Å². The molecule has 2 amide bonds. The Bertz CT molecular complexity index is 855. The number of benzene rings is 2. The summed E-state index contributed by atoms with van der Waals surface area (Å²) in [7, 11) is 0. The number of hydrogen-bond acceptors (Lipinski definition) is 4. The molecule has 132 valence electrons. The third-order valence-electron chi connectivity index (χ3n) is 4.16. The average molecular weight is 349 g/mol. The molecule has 1 saturated heterocycles. The van der Waals surface area contributed by atoms with E-state index in [0.717, 1.165) is 12.1 Å². The van der Waals surface area contributed by atoms with Crippen molar-refractivity contribution >= 4 is 23.2 Å². The normalized spacial score (nSPS) is 14.6. The fourth-order valence-electron chi connectivity index (χ4n) is 2.78. The predicted octanol–water partition coefficient (Wildman–Crippen LogP) is 3.09. The number of ether oxygens (including phenoxy) is 1. The summed E-state index contributed by atoms with van der Waals surface area (Å²) in [6.07, 6.45) is 0.705. The minimum absolute atomic E-state index is 0.103. The first kappa shape index (κ1) is 17.5. The number of nitrogens with zero attached hydrogens (tertiary/aromatic N) is 2. The van der Waals surface area contributed by atoms with Crippen molar-refractivity contribution in [2.24, 2.45) is 0 Å². The number of nitriles is 1. The molecule has 2 aromatic rings. The van der Waals surface area contributed by atoms with Gasteiger partial charge in [-0.3, -0.25) is 9.59 Å². The summed E-state index contributed by atoms with van der Waals surface area (Å²) in [6, 6.07) is 15.8. The Morgan fingerprint density at radius 2 is 2.04 bits per heavy atom. The van der Waals surface area contributed by atoms with Crippen LogP contribution in [0.3, 0.4) is 0 Å². The highest BCUT2D eigenvalue weighted by Crippen LogP contribution is 2.24.